The predicted octanol–water partition coefficient (Wildman–Crippen LogP) is 3.51. The van der Waals surface area contributed by atoms with Crippen LogP contribution in [-0.2, 0) is 11.2 Å². The molecule has 7 heteroatoms. The first-order valence-corrected chi connectivity index (χ1v) is 10.3. The van der Waals surface area contributed by atoms with Gasteiger partial charge in [-0.15, -0.1) is 11.3 Å². The number of aromatic amines is 2. The highest BCUT2D eigenvalue weighted by Crippen LogP contribution is 2.26. The number of thiophene rings is 1. The third-order valence-electron chi connectivity index (χ3n) is 5.32. The van der Waals surface area contributed by atoms with Crippen LogP contribution < -0.4 is 4.90 Å². The Kier molecular flexibility index (Phi) is 4.37. The van der Waals surface area contributed by atoms with Gasteiger partial charge in [0.2, 0.25) is 5.91 Å². The molecule has 1 aliphatic rings. The molecule has 142 valence electrons. The fraction of sp³-hybridized carbons (Fsp3) is 0.238. The molecule has 0 saturated carbocycles. The zero-order valence-corrected chi connectivity index (χ0v) is 16.2. The van der Waals surface area contributed by atoms with E-state index in [1.54, 1.807) is 11.3 Å². The van der Waals surface area contributed by atoms with Crippen molar-refractivity contribution in [2.45, 2.75) is 6.42 Å². The van der Waals surface area contributed by atoms with Gasteiger partial charge in [-0.05, 0) is 23.1 Å². The van der Waals surface area contributed by atoms with Gasteiger partial charge in [-0.2, -0.15) is 5.10 Å². The maximum atomic E-state index is 12.8. The molecule has 0 unspecified atom stereocenters. The Labute approximate surface area is 166 Å². The van der Waals surface area contributed by atoms with Gasteiger partial charge in [0.25, 0.3) is 0 Å². The van der Waals surface area contributed by atoms with Gasteiger partial charge < -0.3 is 14.8 Å². The van der Waals surface area contributed by atoms with Gasteiger partial charge in [0.1, 0.15) is 0 Å². The lowest BCUT2D eigenvalue weighted by Crippen LogP contribution is -2.49. The minimum Gasteiger partial charge on any atom is -0.361 e. The lowest BCUT2D eigenvalue weighted by atomic mass is 10.1. The molecular weight excluding hydrogens is 370 g/mol. The number of carbonyl (C=O) groups is 1. The first-order chi connectivity index (χ1) is 13.8. The van der Waals surface area contributed by atoms with Crippen molar-refractivity contribution in [3.63, 3.8) is 0 Å². The number of aromatic nitrogens is 3. The number of nitrogens with zero attached hydrogens (tertiary/aromatic N) is 3. The molecule has 0 atom stereocenters. The van der Waals surface area contributed by atoms with Crippen LogP contribution in [-0.4, -0.2) is 52.2 Å². The van der Waals surface area contributed by atoms with Crippen LogP contribution in [0.25, 0.3) is 21.5 Å². The largest absolute Gasteiger partial charge is 0.361 e. The van der Waals surface area contributed by atoms with E-state index in [9.17, 15) is 4.79 Å². The molecular formula is C21H21N5OS. The molecule has 1 aromatic carbocycles. The number of anilines is 1. The fourth-order valence-electron chi connectivity index (χ4n) is 3.77. The maximum Gasteiger partial charge on any atom is 0.227 e. The lowest BCUT2D eigenvalue weighted by Gasteiger charge is -2.34. The molecule has 2 N–H and O–H groups in total. The number of hydrogen-bond donors (Lipinski definition) is 2. The van der Waals surface area contributed by atoms with E-state index in [2.05, 4.69) is 43.7 Å². The first kappa shape index (κ1) is 17.1. The van der Waals surface area contributed by atoms with Crippen molar-refractivity contribution in [2.75, 3.05) is 31.1 Å². The average molecular weight is 392 g/mol. The van der Waals surface area contributed by atoms with Crippen LogP contribution in [0, 0.1) is 0 Å². The monoisotopic (exact) mass is 391 g/mol. The summed E-state index contributed by atoms with van der Waals surface area (Å²) in [5, 5.41) is 10.8. The topological polar surface area (TPSA) is 68.0 Å². The number of rotatable bonds is 4. The molecule has 0 spiro atoms. The van der Waals surface area contributed by atoms with Crippen molar-refractivity contribution in [1.29, 1.82) is 0 Å². The number of amides is 1. The van der Waals surface area contributed by atoms with Crippen LogP contribution in [0.4, 0.5) is 5.82 Å². The normalized spacial score (nSPS) is 14.7. The van der Waals surface area contributed by atoms with E-state index >= 15 is 0 Å². The van der Waals surface area contributed by atoms with Gasteiger partial charge in [0.15, 0.2) is 5.82 Å². The number of fused-ring (bicyclic) bond motifs is 1. The minimum atomic E-state index is 0.186. The zero-order chi connectivity index (χ0) is 18.9. The summed E-state index contributed by atoms with van der Waals surface area (Å²) in [6.45, 7) is 3.05. The van der Waals surface area contributed by atoms with Gasteiger partial charge in [0.05, 0.1) is 17.0 Å². The van der Waals surface area contributed by atoms with E-state index in [1.807, 2.05) is 35.4 Å². The summed E-state index contributed by atoms with van der Waals surface area (Å²) in [6, 6.07) is 14.3. The van der Waals surface area contributed by atoms with Crippen LogP contribution in [0.2, 0.25) is 0 Å². The second kappa shape index (κ2) is 7.16. The molecule has 0 bridgehead atoms. The predicted molar refractivity (Wildman–Crippen MR) is 113 cm³/mol. The number of nitrogens with one attached hydrogen (secondary N) is 2. The fourth-order valence-corrected chi connectivity index (χ4v) is 4.46. The lowest BCUT2D eigenvalue weighted by molar-refractivity contribution is -0.130. The van der Waals surface area contributed by atoms with Crippen LogP contribution in [0.15, 0.2) is 54.0 Å². The van der Waals surface area contributed by atoms with Crippen LogP contribution in [0.3, 0.4) is 0 Å². The highest BCUT2D eigenvalue weighted by molar-refractivity contribution is 7.13. The van der Waals surface area contributed by atoms with Crippen molar-refractivity contribution in [3.8, 4) is 10.6 Å². The Bertz CT molecular complexity index is 1090. The van der Waals surface area contributed by atoms with Gasteiger partial charge in [-0.25, -0.2) is 0 Å². The van der Waals surface area contributed by atoms with Gasteiger partial charge in [-0.3, -0.25) is 9.89 Å². The number of H-pyrrole nitrogens is 2. The summed E-state index contributed by atoms with van der Waals surface area (Å²) in [7, 11) is 0. The number of carbonyl (C=O) groups excluding carboxylic acids is 1. The number of piperazine rings is 1. The Morgan fingerprint density at radius 1 is 1.11 bits per heavy atom. The molecule has 4 aromatic rings. The molecule has 0 aliphatic carbocycles. The third-order valence-corrected chi connectivity index (χ3v) is 6.23. The Morgan fingerprint density at radius 3 is 2.79 bits per heavy atom. The van der Waals surface area contributed by atoms with E-state index in [4.69, 9.17) is 0 Å². The molecule has 28 heavy (non-hydrogen) atoms. The van der Waals surface area contributed by atoms with E-state index in [0.29, 0.717) is 6.42 Å². The molecule has 1 saturated heterocycles. The smallest absolute Gasteiger partial charge is 0.227 e. The molecule has 0 radical (unpaired) electrons. The second-order valence-electron chi connectivity index (χ2n) is 7.02. The molecule has 5 rings (SSSR count). The summed E-state index contributed by atoms with van der Waals surface area (Å²) in [5.74, 6) is 1.14. The highest BCUT2D eigenvalue weighted by atomic mass is 32.1. The number of para-hydroxylation sites is 1. The Balaban J connectivity index is 1.21. The summed E-state index contributed by atoms with van der Waals surface area (Å²) in [4.78, 5) is 21.4. The van der Waals surface area contributed by atoms with E-state index in [1.165, 1.54) is 4.88 Å². The zero-order valence-electron chi connectivity index (χ0n) is 15.4. The molecule has 1 amide bonds. The molecule has 6 nitrogen and oxygen atoms in total. The summed E-state index contributed by atoms with van der Waals surface area (Å²) in [5.41, 5.74) is 3.19. The van der Waals surface area contributed by atoms with E-state index in [-0.39, 0.29) is 5.91 Å². The van der Waals surface area contributed by atoms with Crippen molar-refractivity contribution in [1.82, 2.24) is 20.1 Å². The average Bonchev–Trinajstić information content (AvgIpc) is 3.49. The van der Waals surface area contributed by atoms with Gasteiger partial charge >= 0.3 is 0 Å². The SMILES string of the molecule is O=C(Cc1c[nH]c2ccccc12)N1CCN(c2cc(-c3cccs3)[nH]n2)CC1. The van der Waals surface area contributed by atoms with Gasteiger partial charge in [0, 0.05) is 49.3 Å². The number of benzene rings is 1. The molecule has 3 aromatic heterocycles. The highest BCUT2D eigenvalue weighted by Gasteiger charge is 2.23. The maximum absolute atomic E-state index is 12.8. The summed E-state index contributed by atoms with van der Waals surface area (Å²) < 4.78 is 0. The van der Waals surface area contributed by atoms with Crippen molar-refractivity contribution < 1.29 is 4.79 Å². The third kappa shape index (κ3) is 3.18. The van der Waals surface area contributed by atoms with Crippen LogP contribution >= 0.6 is 11.3 Å². The van der Waals surface area contributed by atoms with Gasteiger partial charge in [-0.1, -0.05) is 24.3 Å². The molecule has 4 heterocycles. The Hall–Kier alpha value is -3.06. The van der Waals surface area contributed by atoms with E-state index in [0.717, 1.165) is 54.2 Å². The second-order valence-corrected chi connectivity index (χ2v) is 7.97. The van der Waals surface area contributed by atoms with Crippen molar-refractivity contribution >= 4 is 34.0 Å². The minimum absolute atomic E-state index is 0.186. The Morgan fingerprint density at radius 2 is 1.96 bits per heavy atom. The van der Waals surface area contributed by atoms with Crippen LogP contribution in [0.5, 0.6) is 0 Å². The first-order valence-electron chi connectivity index (χ1n) is 9.45. The molecule has 1 fully saturated rings. The quantitative estimate of drug-likeness (QED) is 0.559. The summed E-state index contributed by atoms with van der Waals surface area (Å²) >= 11 is 1.70. The van der Waals surface area contributed by atoms with E-state index < -0.39 is 0 Å². The number of hydrogen-bond acceptors (Lipinski definition) is 4. The summed E-state index contributed by atoms with van der Waals surface area (Å²) in [6.07, 6.45) is 2.39. The van der Waals surface area contributed by atoms with Crippen molar-refractivity contribution in [2.24, 2.45) is 0 Å². The van der Waals surface area contributed by atoms with Crippen LogP contribution in [0.1, 0.15) is 5.56 Å². The van der Waals surface area contributed by atoms with Crippen molar-refractivity contribution in [3.05, 3.63) is 59.6 Å². The molecule has 1 aliphatic heterocycles. The standard InChI is InChI=1S/C21H21N5OS/c27-21(12-15-14-22-17-5-2-1-4-16(15)17)26-9-7-25(8-10-26)20-13-18(23-24-20)19-6-3-11-28-19/h1-6,11,13-14,22H,7-10,12H2,(H,23,24).